The zero-order valence-electron chi connectivity index (χ0n) is 23.3. The van der Waals surface area contributed by atoms with Crippen LogP contribution in [0.25, 0.3) is 0 Å². The lowest BCUT2D eigenvalue weighted by Crippen LogP contribution is -2.46. The number of nitrogens with two attached hydrogens (primary N) is 2. The summed E-state index contributed by atoms with van der Waals surface area (Å²) in [5.74, 6) is -0.677. The zero-order valence-corrected chi connectivity index (χ0v) is 23.3. The Labute approximate surface area is 236 Å². The lowest BCUT2D eigenvalue weighted by molar-refractivity contribution is -0.275. The topological polar surface area (TPSA) is 83.5 Å². The van der Waals surface area contributed by atoms with Crippen molar-refractivity contribution in [2.75, 3.05) is 86.7 Å². The number of alkyl halides is 6. The molecule has 2 fully saturated rings. The zero-order chi connectivity index (χ0) is 30.2. The summed E-state index contributed by atoms with van der Waals surface area (Å²) in [4.78, 5) is 8.61. The largest absolute Gasteiger partial charge is 0.573 e. The molecule has 2 aliphatic heterocycles. The van der Waals surface area contributed by atoms with E-state index >= 15 is 0 Å². The van der Waals surface area contributed by atoms with Crippen molar-refractivity contribution in [1.29, 1.82) is 0 Å². The Morgan fingerprint density at radius 2 is 1.02 bits per heavy atom. The standard InChI is InChI=1S/C14H20F3N3O.C13H18F3N3O/c1-2-6-19-7-9-20(10-8-19)11-4-3-5-12(13(11)18)21-14(15,16)17;1-2-18-6-8-19(9-7-18)10-4-3-5-11(12(10)17)20-13(14,15)16/h3-5H,2,6-10,18H2,1H3;3-5H,2,6-9,17H2,1H3. The van der Waals surface area contributed by atoms with Gasteiger partial charge in [0.2, 0.25) is 0 Å². The second-order valence-corrected chi connectivity index (χ2v) is 9.72. The average Bonchev–Trinajstić information content (AvgIpc) is 2.91. The molecule has 2 aromatic rings. The summed E-state index contributed by atoms with van der Waals surface area (Å²) in [6, 6.07) is 8.98. The molecular weight excluding hydrogens is 554 g/mol. The van der Waals surface area contributed by atoms with Crippen molar-refractivity contribution < 1.29 is 35.8 Å². The van der Waals surface area contributed by atoms with Gasteiger partial charge in [0.1, 0.15) is 0 Å². The number of ether oxygens (including phenoxy) is 2. The molecule has 0 aromatic heterocycles. The quantitative estimate of drug-likeness (QED) is 0.343. The maximum atomic E-state index is 12.3. The number of rotatable bonds is 7. The van der Waals surface area contributed by atoms with Gasteiger partial charge in [-0.2, -0.15) is 0 Å². The van der Waals surface area contributed by atoms with Crippen molar-refractivity contribution in [2.24, 2.45) is 0 Å². The first-order chi connectivity index (χ1) is 19.3. The van der Waals surface area contributed by atoms with Gasteiger partial charge in [-0.15, -0.1) is 26.3 Å². The smallest absolute Gasteiger partial charge is 0.403 e. The molecule has 0 atom stereocenters. The molecule has 4 rings (SSSR count). The molecule has 2 saturated heterocycles. The van der Waals surface area contributed by atoms with Crippen molar-refractivity contribution in [2.45, 2.75) is 33.0 Å². The minimum absolute atomic E-state index is 0.0368. The lowest BCUT2D eigenvalue weighted by Gasteiger charge is -2.36. The monoisotopic (exact) mass is 592 g/mol. The van der Waals surface area contributed by atoms with E-state index in [1.807, 2.05) is 9.80 Å². The second-order valence-electron chi connectivity index (χ2n) is 9.72. The highest BCUT2D eigenvalue weighted by atomic mass is 19.4. The number of para-hydroxylation sites is 2. The molecule has 2 aromatic carbocycles. The van der Waals surface area contributed by atoms with Crippen LogP contribution in [0.15, 0.2) is 36.4 Å². The third-order valence-corrected chi connectivity index (χ3v) is 6.95. The molecule has 0 amide bonds. The molecular formula is C27H38F6N6O2. The normalized spacial score (nSPS) is 17.2. The molecule has 4 N–H and O–H groups in total. The van der Waals surface area contributed by atoms with Crippen LogP contribution < -0.4 is 30.7 Å². The predicted molar refractivity (Wildman–Crippen MR) is 148 cm³/mol. The van der Waals surface area contributed by atoms with Gasteiger partial charge in [0, 0.05) is 52.4 Å². The van der Waals surface area contributed by atoms with E-state index in [0.717, 1.165) is 71.9 Å². The van der Waals surface area contributed by atoms with Gasteiger partial charge in [0.25, 0.3) is 0 Å². The van der Waals surface area contributed by atoms with Crippen LogP contribution in [-0.2, 0) is 0 Å². The van der Waals surface area contributed by atoms with Crippen LogP contribution in [0.1, 0.15) is 20.3 Å². The number of benzene rings is 2. The average molecular weight is 593 g/mol. The van der Waals surface area contributed by atoms with Crippen LogP contribution in [0.5, 0.6) is 11.5 Å². The molecule has 0 unspecified atom stereocenters. The van der Waals surface area contributed by atoms with Crippen LogP contribution in [0, 0.1) is 0 Å². The van der Waals surface area contributed by atoms with Crippen LogP contribution in [0.3, 0.4) is 0 Å². The highest BCUT2D eigenvalue weighted by Gasteiger charge is 2.33. The molecule has 2 aliphatic rings. The van der Waals surface area contributed by atoms with Gasteiger partial charge in [-0.1, -0.05) is 26.0 Å². The van der Waals surface area contributed by atoms with Gasteiger partial charge in [0.15, 0.2) is 11.5 Å². The SMILES string of the molecule is CCCN1CCN(c2cccc(OC(F)(F)F)c2N)CC1.CCN1CCN(c2cccc(OC(F)(F)F)c2N)CC1. The minimum Gasteiger partial charge on any atom is -0.403 e. The summed E-state index contributed by atoms with van der Waals surface area (Å²) in [7, 11) is 0. The van der Waals surface area contributed by atoms with Gasteiger partial charge in [-0.25, -0.2) is 0 Å². The van der Waals surface area contributed by atoms with E-state index in [0.29, 0.717) is 11.4 Å². The number of halogens is 6. The molecule has 0 radical (unpaired) electrons. The number of anilines is 4. The van der Waals surface area contributed by atoms with Crippen molar-refractivity contribution in [3.8, 4) is 11.5 Å². The summed E-state index contributed by atoms with van der Waals surface area (Å²) < 4.78 is 81.8. The Morgan fingerprint density at radius 1 is 0.634 bits per heavy atom. The summed E-state index contributed by atoms with van der Waals surface area (Å²) in [5.41, 5.74) is 12.9. The van der Waals surface area contributed by atoms with Crippen molar-refractivity contribution in [3.05, 3.63) is 36.4 Å². The number of hydrogen-bond acceptors (Lipinski definition) is 8. The van der Waals surface area contributed by atoms with Gasteiger partial charge in [0.05, 0.1) is 22.7 Å². The highest BCUT2D eigenvalue weighted by Crippen LogP contribution is 2.37. The summed E-state index contributed by atoms with van der Waals surface area (Å²) >= 11 is 0. The number of piperazine rings is 2. The number of hydrogen-bond donors (Lipinski definition) is 2. The number of likely N-dealkylation sites (N-methyl/N-ethyl adjacent to an activating group) is 1. The van der Waals surface area contributed by atoms with Crippen LogP contribution in [0.2, 0.25) is 0 Å². The van der Waals surface area contributed by atoms with E-state index in [9.17, 15) is 26.3 Å². The van der Waals surface area contributed by atoms with Gasteiger partial charge in [-0.05, 0) is 43.8 Å². The second kappa shape index (κ2) is 14.1. The van der Waals surface area contributed by atoms with Gasteiger partial charge < -0.3 is 35.6 Å². The van der Waals surface area contributed by atoms with E-state index in [1.54, 1.807) is 12.1 Å². The van der Waals surface area contributed by atoms with Crippen molar-refractivity contribution >= 4 is 22.7 Å². The molecule has 0 spiro atoms. The minimum atomic E-state index is -4.73. The first kappa shape index (κ1) is 32.3. The molecule has 2 heterocycles. The van der Waals surface area contributed by atoms with E-state index in [4.69, 9.17) is 11.5 Å². The Balaban J connectivity index is 0.000000226. The van der Waals surface area contributed by atoms with Crippen LogP contribution in [0.4, 0.5) is 49.1 Å². The Kier molecular flexibility index (Phi) is 11.1. The highest BCUT2D eigenvalue weighted by molar-refractivity contribution is 5.75. The fourth-order valence-corrected chi connectivity index (χ4v) is 4.88. The molecule has 41 heavy (non-hydrogen) atoms. The summed E-state index contributed by atoms with van der Waals surface area (Å²) in [5, 5.41) is 0. The van der Waals surface area contributed by atoms with Crippen LogP contribution in [-0.4, -0.2) is 88.0 Å². The first-order valence-corrected chi connectivity index (χ1v) is 13.5. The van der Waals surface area contributed by atoms with Crippen LogP contribution >= 0.6 is 0 Å². The third kappa shape index (κ3) is 9.66. The Bertz CT molecular complexity index is 1100. The van der Waals surface area contributed by atoms with E-state index < -0.39 is 12.7 Å². The van der Waals surface area contributed by atoms with E-state index in [1.165, 1.54) is 24.3 Å². The maximum Gasteiger partial charge on any atom is 0.573 e. The summed E-state index contributed by atoms with van der Waals surface area (Å²) in [6.07, 6.45) is -8.36. The van der Waals surface area contributed by atoms with E-state index in [-0.39, 0.29) is 22.9 Å². The van der Waals surface area contributed by atoms with Crippen molar-refractivity contribution in [1.82, 2.24) is 9.80 Å². The predicted octanol–water partition coefficient (Wildman–Crippen LogP) is 5.01. The fourth-order valence-electron chi connectivity index (χ4n) is 4.88. The molecule has 14 heteroatoms. The molecule has 0 aliphatic carbocycles. The fraction of sp³-hybridized carbons (Fsp3) is 0.556. The molecule has 8 nitrogen and oxygen atoms in total. The Morgan fingerprint density at radius 3 is 1.37 bits per heavy atom. The van der Waals surface area contributed by atoms with E-state index in [2.05, 4.69) is 33.1 Å². The van der Waals surface area contributed by atoms with Crippen molar-refractivity contribution in [3.63, 3.8) is 0 Å². The third-order valence-electron chi connectivity index (χ3n) is 6.95. The lowest BCUT2D eigenvalue weighted by atomic mass is 10.2. The Hall–Kier alpha value is -3.26. The molecule has 0 saturated carbocycles. The summed E-state index contributed by atoms with van der Waals surface area (Å²) in [6.45, 7) is 12.7. The molecule has 0 bridgehead atoms. The van der Waals surface area contributed by atoms with Gasteiger partial charge in [-0.3, -0.25) is 4.90 Å². The number of nitrogen functional groups attached to an aromatic ring is 2. The maximum absolute atomic E-state index is 12.3. The van der Waals surface area contributed by atoms with Gasteiger partial charge >= 0.3 is 12.7 Å². The number of nitrogens with zero attached hydrogens (tertiary/aromatic N) is 4. The molecule has 230 valence electrons. The first-order valence-electron chi connectivity index (χ1n) is 13.5.